The molecule has 0 bridgehead atoms. The smallest absolute Gasteiger partial charge is 0.304 e. The van der Waals surface area contributed by atoms with Gasteiger partial charge in [-0.3, -0.25) is 9.69 Å². The summed E-state index contributed by atoms with van der Waals surface area (Å²) in [6.07, 6.45) is 1.67. The van der Waals surface area contributed by atoms with Crippen molar-refractivity contribution in [3.8, 4) is 11.3 Å². The van der Waals surface area contributed by atoms with Crippen molar-refractivity contribution in [2.45, 2.75) is 19.9 Å². The first-order valence-corrected chi connectivity index (χ1v) is 6.73. The summed E-state index contributed by atoms with van der Waals surface area (Å²) in [5.41, 5.74) is 0.753. The molecule has 0 fully saturated rings. The lowest BCUT2D eigenvalue weighted by Crippen LogP contribution is -2.25. The van der Waals surface area contributed by atoms with Gasteiger partial charge in [-0.15, -0.1) is 0 Å². The second-order valence-corrected chi connectivity index (χ2v) is 4.64. The zero-order chi connectivity index (χ0) is 15.2. The second-order valence-electron chi connectivity index (χ2n) is 4.64. The number of aliphatic carboxylic acids is 1. The molecule has 2 aromatic rings. The van der Waals surface area contributed by atoms with E-state index < -0.39 is 5.97 Å². The molecule has 5 nitrogen and oxygen atoms in total. The normalized spacial score (nSPS) is 11.0. The Balaban J connectivity index is 2.01. The van der Waals surface area contributed by atoms with Gasteiger partial charge in [-0.1, -0.05) is 6.92 Å². The Morgan fingerprint density at radius 3 is 2.71 bits per heavy atom. The van der Waals surface area contributed by atoms with Crippen molar-refractivity contribution in [2.75, 3.05) is 13.1 Å². The van der Waals surface area contributed by atoms with Gasteiger partial charge >= 0.3 is 5.97 Å². The van der Waals surface area contributed by atoms with Crippen LogP contribution < -0.4 is 0 Å². The van der Waals surface area contributed by atoms with E-state index in [-0.39, 0.29) is 12.2 Å². The van der Waals surface area contributed by atoms with Crippen molar-refractivity contribution in [2.24, 2.45) is 0 Å². The molecule has 1 heterocycles. The molecule has 0 unspecified atom stereocenters. The Kier molecular flexibility index (Phi) is 5.05. The van der Waals surface area contributed by atoms with E-state index in [1.54, 1.807) is 18.3 Å². The number of hydrogen-bond acceptors (Lipinski definition) is 4. The number of carbonyl (C=O) groups is 1. The maximum atomic E-state index is 12.9. The van der Waals surface area contributed by atoms with Crippen LogP contribution in [0.5, 0.6) is 0 Å². The fourth-order valence-electron chi connectivity index (χ4n) is 1.92. The third-order valence-electron chi connectivity index (χ3n) is 3.13. The Morgan fingerprint density at radius 1 is 1.38 bits per heavy atom. The SMILES string of the molecule is CCN(CCC(=O)O)Cc1ncc(-c2ccc(F)cc2)o1. The number of nitrogens with zero attached hydrogens (tertiary/aromatic N) is 2. The molecular formula is C15H17FN2O3. The summed E-state index contributed by atoms with van der Waals surface area (Å²) in [4.78, 5) is 16.7. The van der Waals surface area contributed by atoms with Crippen LogP contribution in [0.25, 0.3) is 11.3 Å². The number of aromatic nitrogens is 1. The number of carboxylic acid groups (broad SMARTS) is 1. The molecule has 2 rings (SSSR count). The van der Waals surface area contributed by atoms with Gasteiger partial charge in [0.1, 0.15) is 5.82 Å². The highest BCUT2D eigenvalue weighted by Crippen LogP contribution is 2.21. The highest BCUT2D eigenvalue weighted by atomic mass is 19.1. The number of carboxylic acids is 1. The van der Waals surface area contributed by atoms with E-state index in [0.717, 1.165) is 5.56 Å². The Labute approximate surface area is 122 Å². The molecule has 6 heteroatoms. The van der Waals surface area contributed by atoms with Gasteiger partial charge in [0.15, 0.2) is 5.76 Å². The summed E-state index contributed by atoms with van der Waals surface area (Å²) < 4.78 is 18.5. The van der Waals surface area contributed by atoms with Crippen molar-refractivity contribution >= 4 is 5.97 Å². The molecule has 0 aliphatic carbocycles. The Morgan fingerprint density at radius 2 is 2.10 bits per heavy atom. The summed E-state index contributed by atoms with van der Waals surface area (Å²) in [5, 5.41) is 8.70. The standard InChI is InChI=1S/C15H17FN2O3/c1-2-18(8-7-15(19)20)10-14-17-9-13(21-14)11-3-5-12(16)6-4-11/h3-6,9H,2,7-8,10H2,1H3,(H,19,20). The van der Waals surface area contributed by atoms with Gasteiger partial charge in [-0.2, -0.15) is 0 Å². The zero-order valence-electron chi connectivity index (χ0n) is 11.8. The van der Waals surface area contributed by atoms with Crippen LogP contribution in [0, 0.1) is 5.82 Å². The van der Waals surface area contributed by atoms with E-state index in [1.807, 2.05) is 11.8 Å². The number of rotatable bonds is 7. The van der Waals surface area contributed by atoms with E-state index in [1.165, 1.54) is 12.1 Å². The van der Waals surface area contributed by atoms with Crippen LogP contribution in [0.4, 0.5) is 4.39 Å². The quantitative estimate of drug-likeness (QED) is 0.850. The van der Waals surface area contributed by atoms with Gasteiger partial charge in [0.2, 0.25) is 5.89 Å². The predicted octanol–water partition coefficient (Wildman–Crippen LogP) is 2.78. The van der Waals surface area contributed by atoms with Gasteiger partial charge in [0.25, 0.3) is 0 Å². The summed E-state index contributed by atoms with van der Waals surface area (Å²) in [6, 6.07) is 5.98. The van der Waals surface area contributed by atoms with Crippen molar-refractivity contribution in [3.05, 3.63) is 42.2 Å². The van der Waals surface area contributed by atoms with Gasteiger partial charge in [-0.05, 0) is 30.8 Å². The Hall–Kier alpha value is -2.21. The molecule has 1 N–H and O–H groups in total. The average Bonchev–Trinajstić information content (AvgIpc) is 2.92. The number of benzene rings is 1. The highest BCUT2D eigenvalue weighted by Gasteiger charge is 2.11. The molecule has 0 amide bonds. The minimum Gasteiger partial charge on any atom is -0.481 e. The van der Waals surface area contributed by atoms with Gasteiger partial charge < -0.3 is 9.52 Å². The number of hydrogen-bond donors (Lipinski definition) is 1. The van der Waals surface area contributed by atoms with Crippen LogP contribution in [-0.2, 0) is 11.3 Å². The lowest BCUT2D eigenvalue weighted by atomic mass is 10.2. The molecule has 0 atom stereocenters. The van der Waals surface area contributed by atoms with Crippen LogP contribution in [0.15, 0.2) is 34.9 Å². The third kappa shape index (κ3) is 4.39. The van der Waals surface area contributed by atoms with Crippen LogP contribution >= 0.6 is 0 Å². The van der Waals surface area contributed by atoms with E-state index in [4.69, 9.17) is 9.52 Å². The van der Waals surface area contributed by atoms with E-state index in [0.29, 0.717) is 31.3 Å². The minimum atomic E-state index is -0.826. The first kappa shape index (κ1) is 15.2. The maximum Gasteiger partial charge on any atom is 0.304 e. The summed E-state index contributed by atoms with van der Waals surface area (Å²) in [6.45, 7) is 3.55. The third-order valence-corrected chi connectivity index (χ3v) is 3.13. The minimum absolute atomic E-state index is 0.0827. The maximum absolute atomic E-state index is 12.9. The molecule has 21 heavy (non-hydrogen) atoms. The zero-order valence-corrected chi connectivity index (χ0v) is 11.8. The van der Waals surface area contributed by atoms with Crippen LogP contribution in [0.1, 0.15) is 19.2 Å². The molecule has 0 saturated carbocycles. The van der Waals surface area contributed by atoms with Crippen molar-refractivity contribution in [3.63, 3.8) is 0 Å². The highest BCUT2D eigenvalue weighted by molar-refractivity contribution is 5.66. The van der Waals surface area contributed by atoms with Crippen molar-refractivity contribution < 1.29 is 18.7 Å². The summed E-state index contributed by atoms with van der Waals surface area (Å²) >= 11 is 0. The molecule has 0 radical (unpaired) electrons. The molecule has 112 valence electrons. The van der Waals surface area contributed by atoms with Crippen molar-refractivity contribution in [1.82, 2.24) is 9.88 Å². The van der Waals surface area contributed by atoms with Gasteiger partial charge in [0.05, 0.1) is 19.2 Å². The molecule has 0 spiro atoms. The van der Waals surface area contributed by atoms with Crippen molar-refractivity contribution in [1.29, 1.82) is 0 Å². The molecule has 0 aliphatic heterocycles. The van der Waals surface area contributed by atoms with Crippen LogP contribution in [-0.4, -0.2) is 34.0 Å². The van der Waals surface area contributed by atoms with E-state index in [9.17, 15) is 9.18 Å². The molecule has 1 aromatic heterocycles. The lowest BCUT2D eigenvalue weighted by molar-refractivity contribution is -0.137. The Bertz CT molecular complexity index is 595. The van der Waals surface area contributed by atoms with E-state index >= 15 is 0 Å². The van der Waals surface area contributed by atoms with E-state index in [2.05, 4.69) is 4.98 Å². The number of oxazole rings is 1. The summed E-state index contributed by atoms with van der Waals surface area (Å²) in [7, 11) is 0. The fourth-order valence-corrected chi connectivity index (χ4v) is 1.92. The topological polar surface area (TPSA) is 66.6 Å². The molecule has 1 aromatic carbocycles. The predicted molar refractivity (Wildman–Crippen MR) is 75.1 cm³/mol. The van der Waals surface area contributed by atoms with Gasteiger partial charge in [0, 0.05) is 12.1 Å². The lowest BCUT2D eigenvalue weighted by Gasteiger charge is -2.16. The largest absolute Gasteiger partial charge is 0.481 e. The van der Waals surface area contributed by atoms with Gasteiger partial charge in [-0.25, -0.2) is 9.37 Å². The van der Waals surface area contributed by atoms with Crippen LogP contribution in [0.3, 0.4) is 0 Å². The first-order valence-electron chi connectivity index (χ1n) is 6.73. The fraction of sp³-hybridized carbons (Fsp3) is 0.333. The molecular weight excluding hydrogens is 275 g/mol. The number of halogens is 1. The average molecular weight is 292 g/mol. The molecule has 0 saturated heterocycles. The van der Waals surface area contributed by atoms with Crippen LogP contribution in [0.2, 0.25) is 0 Å². The monoisotopic (exact) mass is 292 g/mol. The molecule has 0 aliphatic rings. The second kappa shape index (κ2) is 6.99. The summed E-state index contributed by atoms with van der Waals surface area (Å²) in [5.74, 6) is -0.0435. The first-order chi connectivity index (χ1) is 10.1.